The van der Waals surface area contributed by atoms with E-state index in [1.807, 2.05) is 24.3 Å². The Hall–Kier alpha value is -2.46. The third-order valence-electron chi connectivity index (χ3n) is 6.06. The molecular formula is C25H35N3O5S. The fraction of sp³-hybridized carbons (Fsp3) is 0.480. The number of carbonyl (C=O) groups excluding carboxylic acids is 1. The van der Waals surface area contributed by atoms with E-state index in [1.54, 1.807) is 24.3 Å². The molecule has 186 valence electrons. The van der Waals surface area contributed by atoms with Crippen molar-refractivity contribution in [1.82, 2.24) is 14.9 Å². The Morgan fingerprint density at radius 1 is 1.12 bits per heavy atom. The van der Waals surface area contributed by atoms with E-state index < -0.39 is 10.0 Å². The van der Waals surface area contributed by atoms with Crippen molar-refractivity contribution in [1.29, 1.82) is 0 Å². The average Bonchev–Trinajstić information content (AvgIpc) is 2.87. The highest BCUT2D eigenvalue weighted by molar-refractivity contribution is 7.89. The minimum Gasteiger partial charge on any atom is -0.492 e. The molecule has 9 heteroatoms. The van der Waals surface area contributed by atoms with Gasteiger partial charge >= 0.3 is 0 Å². The zero-order valence-electron chi connectivity index (χ0n) is 20.0. The fourth-order valence-corrected chi connectivity index (χ4v) is 4.59. The Kier molecular flexibility index (Phi) is 9.88. The van der Waals surface area contributed by atoms with Gasteiger partial charge in [-0.1, -0.05) is 24.3 Å². The second kappa shape index (κ2) is 12.9. The van der Waals surface area contributed by atoms with Gasteiger partial charge in [-0.05, 0) is 68.8 Å². The van der Waals surface area contributed by atoms with Crippen LogP contribution in [0.5, 0.6) is 5.75 Å². The van der Waals surface area contributed by atoms with E-state index in [0.717, 1.165) is 49.5 Å². The molecule has 1 saturated heterocycles. The van der Waals surface area contributed by atoms with Gasteiger partial charge in [0.05, 0.1) is 4.90 Å². The van der Waals surface area contributed by atoms with Crippen molar-refractivity contribution in [3.63, 3.8) is 0 Å². The number of benzene rings is 2. The maximum Gasteiger partial charge on any atom is 0.240 e. The lowest BCUT2D eigenvalue weighted by Crippen LogP contribution is -2.38. The lowest BCUT2D eigenvalue weighted by atomic mass is 10.1. The SMILES string of the molecule is CNS(=O)(=O)c1ccc(CCC(=O)NCc2cccc(OCCN(C)C3CCOCC3)c2)cc1. The molecule has 2 N–H and O–H groups in total. The first kappa shape index (κ1) is 26.2. The predicted molar refractivity (Wildman–Crippen MR) is 131 cm³/mol. The topological polar surface area (TPSA) is 97.0 Å². The van der Waals surface area contributed by atoms with Crippen LogP contribution >= 0.6 is 0 Å². The van der Waals surface area contributed by atoms with E-state index >= 15 is 0 Å². The van der Waals surface area contributed by atoms with Gasteiger partial charge in [0.1, 0.15) is 12.4 Å². The first-order chi connectivity index (χ1) is 16.4. The van der Waals surface area contributed by atoms with Gasteiger partial charge in [0, 0.05) is 38.8 Å². The molecule has 0 unspecified atom stereocenters. The van der Waals surface area contributed by atoms with Gasteiger partial charge in [0.2, 0.25) is 15.9 Å². The molecule has 1 heterocycles. The molecule has 0 aliphatic carbocycles. The Balaban J connectivity index is 1.38. The van der Waals surface area contributed by atoms with Gasteiger partial charge in [0.15, 0.2) is 0 Å². The van der Waals surface area contributed by atoms with Gasteiger partial charge in [-0.2, -0.15) is 0 Å². The Labute approximate surface area is 202 Å². The molecule has 1 aliphatic heterocycles. The minimum absolute atomic E-state index is 0.0590. The van der Waals surface area contributed by atoms with E-state index in [0.29, 0.717) is 32.0 Å². The molecule has 0 bridgehead atoms. The van der Waals surface area contributed by atoms with Gasteiger partial charge in [-0.3, -0.25) is 9.69 Å². The summed E-state index contributed by atoms with van der Waals surface area (Å²) in [5.41, 5.74) is 1.89. The summed E-state index contributed by atoms with van der Waals surface area (Å²) in [6.07, 6.45) is 2.99. The van der Waals surface area contributed by atoms with Crippen LogP contribution in [-0.2, 0) is 32.5 Å². The maximum atomic E-state index is 12.3. The van der Waals surface area contributed by atoms with Crippen molar-refractivity contribution >= 4 is 15.9 Å². The molecule has 2 aromatic carbocycles. The van der Waals surface area contributed by atoms with Crippen LogP contribution in [0.4, 0.5) is 0 Å². The first-order valence-electron chi connectivity index (χ1n) is 11.7. The zero-order chi connectivity index (χ0) is 24.4. The van der Waals surface area contributed by atoms with Crippen LogP contribution in [0.2, 0.25) is 0 Å². The summed E-state index contributed by atoms with van der Waals surface area (Å²) in [5.74, 6) is 0.736. The number of hydrogen-bond donors (Lipinski definition) is 2. The van der Waals surface area contributed by atoms with E-state index in [9.17, 15) is 13.2 Å². The van der Waals surface area contributed by atoms with Crippen molar-refractivity contribution in [2.24, 2.45) is 0 Å². The van der Waals surface area contributed by atoms with Crippen molar-refractivity contribution < 1.29 is 22.7 Å². The maximum absolute atomic E-state index is 12.3. The number of nitrogens with one attached hydrogen (secondary N) is 2. The number of ether oxygens (including phenoxy) is 2. The molecule has 0 saturated carbocycles. The van der Waals surface area contributed by atoms with E-state index in [1.165, 1.54) is 7.05 Å². The molecule has 1 amide bonds. The molecule has 3 rings (SSSR count). The fourth-order valence-electron chi connectivity index (χ4n) is 3.86. The van der Waals surface area contributed by atoms with Gasteiger partial charge in [-0.15, -0.1) is 0 Å². The molecule has 0 radical (unpaired) electrons. The van der Waals surface area contributed by atoms with E-state index in [2.05, 4.69) is 22.0 Å². The summed E-state index contributed by atoms with van der Waals surface area (Å²) in [5, 5.41) is 2.94. The Bertz CT molecular complexity index is 1020. The number of sulfonamides is 1. The Morgan fingerprint density at radius 3 is 2.56 bits per heavy atom. The molecule has 1 aliphatic rings. The molecule has 2 aromatic rings. The molecule has 0 aromatic heterocycles. The van der Waals surface area contributed by atoms with Crippen molar-refractivity contribution in [2.75, 3.05) is 40.5 Å². The van der Waals surface area contributed by atoms with Crippen LogP contribution in [0, 0.1) is 0 Å². The lowest BCUT2D eigenvalue weighted by Gasteiger charge is -2.31. The summed E-state index contributed by atoms with van der Waals surface area (Å²) >= 11 is 0. The molecular weight excluding hydrogens is 454 g/mol. The molecule has 34 heavy (non-hydrogen) atoms. The van der Waals surface area contributed by atoms with Crippen molar-refractivity contribution in [2.45, 2.75) is 43.2 Å². The number of hydrogen-bond acceptors (Lipinski definition) is 6. The third-order valence-corrected chi connectivity index (χ3v) is 7.49. The lowest BCUT2D eigenvalue weighted by molar-refractivity contribution is -0.121. The number of amides is 1. The van der Waals surface area contributed by atoms with Crippen molar-refractivity contribution in [3.8, 4) is 5.75 Å². The van der Waals surface area contributed by atoms with Crippen LogP contribution < -0.4 is 14.8 Å². The van der Waals surface area contributed by atoms with E-state index in [4.69, 9.17) is 9.47 Å². The van der Waals surface area contributed by atoms with Crippen LogP contribution in [0.15, 0.2) is 53.4 Å². The number of likely N-dealkylation sites (N-methyl/N-ethyl adjacent to an activating group) is 1. The van der Waals surface area contributed by atoms with E-state index in [-0.39, 0.29) is 10.8 Å². The highest BCUT2D eigenvalue weighted by atomic mass is 32.2. The number of carbonyl (C=O) groups is 1. The second-order valence-corrected chi connectivity index (χ2v) is 10.3. The first-order valence-corrected chi connectivity index (χ1v) is 13.1. The predicted octanol–water partition coefficient (Wildman–Crippen LogP) is 2.33. The average molecular weight is 490 g/mol. The summed E-state index contributed by atoms with van der Waals surface area (Å²) in [6.45, 7) is 3.55. The van der Waals surface area contributed by atoms with Crippen LogP contribution in [0.25, 0.3) is 0 Å². The summed E-state index contributed by atoms with van der Waals surface area (Å²) in [6, 6.07) is 14.9. The molecule has 0 atom stereocenters. The monoisotopic (exact) mass is 489 g/mol. The van der Waals surface area contributed by atoms with Gasteiger partial charge in [0.25, 0.3) is 0 Å². The number of nitrogens with zero attached hydrogens (tertiary/aromatic N) is 1. The van der Waals surface area contributed by atoms with Crippen LogP contribution in [0.3, 0.4) is 0 Å². The van der Waals surface area contributed by atoms with Crippen molar-refractivity contribution in [3.05, 3.63) is 59.7 Å². The standard InChI is InChI=1S/C25H35N3O5S/c1-26-34(30,31)24-9-6-20(7-10-24)8-11-25(29)27-19-21-4-3-5-23(18-21)33-17-14-28(2)22-12-15-32-16-13-22/h3-7,9-10,18,22,26H,8,11-17,19H2,1-2H3,(H,27,29). The molecule has 8 nitrogen and oxygen atoms in total. The zero-order valence-corrected chi connectivity index (χ0v) is 20.8. The third kappa shape index (κ3) is 8.09. The summed E-state index contributed by atoms with van der Waals surface area (Å²) in [4.78, 5) is 14.8. The van der Waals surface area contributed by atoms with Crippen LogP contribution in [0.1, 0.15) is 30.4 Å². The smallest absolute Gasteiger partial charge is 0.240 e. The summed E-state index contributed by atoms with van der Waals surface area (Å²) < 4.78 is 37.2. The summed E-state index contributed by atoms with van der Waals surface area (Å²) in [7, 11) is 0.0551. The number of aryl methyl sites for hydroxylation is 1. The minimum atomic E-state index is -3.45. The molecule has 1 fully saturated rings. The quantitative estimate of drug-likeness (QED) is 0.475. The second-order valence-electron chi connectivity index (χ2n) is 8.45. The highest BCUT2D eigenvalue weighted by Crippen LogP contribution is 2.16. The highest BCUT2D eigenvalue weighted by Gasteiger charge is 2.18. The van der Waals surface area contributed by atoms with Gasteiger partial charge < -0.3 is 14.8 Å². The number of rotatable bonds is 12. The molecule has 0 spiro atoms. The van der Waals surface area contributed by atoms with Gasteiger partial charge in [-0.25, -0.2) is 13.1 Å². The largest absolute Gasteiger partial charge is 0.492 e. The van der Waals surface area contributed by atoms with Crippen LogP contribution in [-0.4, -0.2) is 65.7 Å². The Morgan fingerprint density at radius 2 is 1.85 bits per heavy atom. The normalized spacial score (nSPS) is 14.8.